The fourth-order valence-corrected chi connectivity index (χ4v) is 6.19. The molecule has 0 unspecified atom stereocenters. The second-order valence-corrected chi connectivity index (χ2v) is 8.55. The molecule has 3 aliphatic heterocycles. The monoisotopic (exact) mass is 408 g/mol. The number of anilines is 1. The zero-order valence-electron chi connectivity index (χ0n) is 17.2. The van der Waals surface area contributed by atoms with Crippen LogP contribution in [-0.2, 0) is 29.3 Å². The molecule has 30 heavy (non-hydrogen) atoms. The van der Waals surface area contributed by atoms with Crippen molar-refractivity contribution in [1.82, 2.24) is 4.90 Å². The Morgan fingerprint density at radius 3 is 2.80 bits per heavy atom. The van der Waals surface area contributed by atoms with E-state index in [4.69, 9.17) is 9.47 Å². The highest BCUT2D eigenvalue weighted by molar-refractivity contribution is 5.96. The zero-order chi connectivity index (χ0) is 21.3. The Balaban J connectivity index is 1.82. The third kappa shape index (κ3) is 2.18. The van der Waals surface area contributed by atoms with Crippen molar-refractivity contribution in [1.29, 1.82) is 0 Å². The molecule has 1 aromatic rings. The van der Waals surface area contributed by atoms with E-state index in [2.05, 4.69) is 11.4 Å². The highest BCUT2D eigenvalue weighted by atomic mass is 16.5. The van der Waals surface area contributed by atoms with Crippen LogP contribution < -0.4 is 5.32 Å². The molecule has 7 nitrogen and oxygen atoms in total. The molecular formula is C23H24N2O5. The van der Waals surface area contributed by atoms with Crippen LogP contribution in [-0.4, -0.2) is 48.5 Å². The number of esters is 2. The third-order valence-corrected chi connectivity index (χ3v) is 7.28. The highest BCUT2D eigenvalue weighted by Crippen LogP contribution is 2.64. The number of para-hydroxylation sites is 1. The number of carbonyl (C=O) groups is 3. The van der Waals surface area contributed by atoms with Crippen LogP contribution in [0.15, 0.2) is 47.7 Å². The van der Waals surface area contributed by atoms with Gasteiger partial charge in [-0.15, -0.1) is 0 Å². The van der Waals surface area contributed by atoms with Gasteiger partial charge in [0.05, 0.1) is 29.6 Å². The molecule has 0 aromatic heterocycles. The fourth-order valence-electron chi connectivity index (χ4n) is 6.19. The predicted octanol–water partition coefficient (Wildman–Crippen LogP) is 2.29. The van der Waals surface area contributed by atoms with Crippen molar-refractivity contribution in [2.45, 2.75) is 44.2 Å². The molecule has 5 rings (SSSR count). The van der Waals surface area contributed by atoms with Crippen molar-refractivity contribution in [3.8, 4) is 0 Å². The maximum absolute atomic E-state index is 12.9. The quantitative estimate of drug-likeness (QED) is 0.773. The largest absolute Gasteiger partial charge is 0.466 e. The Morgan fingerprint density at radius 1 is 1.30 bits per heavy atom. The van der Waals surface area contributed by atoms with E-state index in [0.717, 1.165) is 16.9 Å². The lowest BCUT2D eigenvalue weighted by atomic mass is 9.54. The Hall–Kier alpha value is -3.09. The van der Waals surface area contributed by atoms with Crippen LogP contribution in [0.1, 0.15) is 32.3 Å². The maximum atomic E-state index is 12.9. The molecule has 1 amide bonds. The lowest BCUT2D eigenvalue weighted by Crippen LogP contribution is -2.63. The number of carbonyl (C=O) groups excluding carboxylic acids is 3. The molecule has 156 valence electrons. The van der Waals surface area contributed by atoms with E-state index < -0.39 is 22.9 Å². The van der Waals surface area contributed by atoms with Gasteiger partial charge in [-0.05, 0) is 37.5 Å². The smallest absolute Gasteiger partial charge is 0.335 e. The normalized spacial score (nSPS) is 31.5. The van der Waals surface area contributed by atoms with Crippen molar-refractivity contribution >= 4 is 23.5 Å². The molecule has 1 spiro atoms. The predicted molar refractivity (Wildman–Crippen MR) is 108 cm³/mol. The number of rotatable bonds is 3. The van der Waals surface area contributed by atoms with E-state index in [1.54, 1.807) is 6.08 Å². The molecule has 0 radical (unpaired) electrons. The first-order valence-electron chi connectivity index (χ1n) is 10.2. The summed E-state index contributed by atoms with van der Waals surface area (Å²) in [6.45, 7) is 3.79. The molecule has 7 heteroatoms. The van der Waals surface area contributed by atoms with Crippen molar-refractivity contribution in [2.75, 3.05) is 19.0 Å². The topological polar surface area (TPSA) is 84.9 Å². The Kier molecular flexibility index (Phi) is 3.91. The molecule has 0 saturated carbocycles. The first-order valence-corrected chi connectivity index (χ1v) is 10.2. The van der Waals surface area contributed by atoms with E-state index in [9.17, 15) is 14.4 Å². The van der Waals surface area contributed by atoms with Crippen molar-refractivity contribution < 1.29 is 23.9 Å². The first kappa shape index (κ1) is 18.9. The molecule has 4 aliphatic rings. The van der Waals surface area contributed by atoms with E-state index in [1.165, 1.54) is 14.0 Å². The average Bonchev–Trinajstić information content (AvgIpc) is 3.29. The highest BCUT2D eigenvalue weighted by Gasteiger charge is 2.68. The van der Waals surface area contributed by atoms with E-state index in [0.29, 0.717) is 25.0 Å². The summed E-state index contributed by atoms with van der Waals surface area (Å²) in [4.78, 5) is 39.5. The molecule has 1 aliphatic carbocycles. The van der Waals surface area contributed by atoms with E-state index in [1.807, 2.05) is 36.1 Å². The first-order chi connectivity index (χ1) is 14.3. The Bertz CT molecular complexity index is 1040. The number of amides is 1. The van der Waals surface area contributed by atoms with Gasteiger partial charge in [-0.25, -0.2) is 4.79 Å². The molecular weight excluding hydrogens is 384 g/mol. The standard InChI is InChI=1S/C23H24N2O5/c1-13(30-14(2)26)22-9-8-18(27)25-11-10-23(21(22)25)16-6-4-5-7-17(16)24-19(23)15(12-22)20(28)29-3/h4-9,13,21,24H,10-12H2,1-3H3/t13-,21-,22-,23-/m0/s1. The fraction of sp³-hybridized carbons (Fsp3) is 0.435. The van der Waals surface area contributed by atoms with Gasteiger partial charge in [-0.2, -0.15) is 0 Å². The van der Waals surface area contributed by atoms with Crippen LogP contribution in [0.4, 0.5) is 5.69 Å². The van der Waals surface area contributed by atoms with Gasteiger partial charge in [0.2, 0.25) is 5.91 Å². The summed E-state index contributed by atoms with van der Waals surface area (Å²) in [5.74, 6) is -0.839. The van der Waals surface area contributed by atoms with E-state index >= 15 is 0 Å². The molecule has 3 heterocycles. The third-order valence-electron chi connectivity index (χ3n) is 7.28. The van der Waals surface area contributed by atoms with Gasteiger partial charge in [0, 0.05) is 24.9 Å². The van der Waals surface area contributed by atoms with E-state index in [-0.39, 0.29) is 17.9 Å². The van der Waals surface area contributed by atoms with Crippen LogP contribution >= 0.6 is 0 Å². The summed E-state index contributed by atoms with van der Waals surface area (Å²) < 4.78 is 10.8. The molecule has 4 atom stereocenters. The van der Waals surface area contributed by atoms with Gasteiger partial charge in [-0.1, -0.05) is 24.3 Å². The second kappa shape index (κ2) is 6.20. The number of ether oxygens (including phenoxy) is 2. The summed E-state index contributed by atoms with van der Waals surface area (Å²) in [5.41, 5.74) is 2.06. The number of fused-ring (bicyclic) bond motifs is 1. The lowest BCUT2D eigenvalue weighted by Gasteiger charge is -2.55. The summed E-state index contributed by atoms with van der Waals surface area (Å²) in [6, 6.07) is 7.71. The van der Waals surface area contributed by atoms with Gasteiger partial charge < -0.3 is 19.7 Å². The number of nitrogens with zero attached hydrogens (tertiary/aromatic N) is 1. The summed E-state index contributed by atoms with van der Waals surface area (Å²) >= 11 is 0. The van der Waals surface area contributed by atoms with Crippen molar-refractivity contribution in [2.24, 2.45) is 5.41 Å². The van der Waals surface area contributed by atoms with Crippen LogP contribution in [0.25, 0.3) is 0 Å². The molecule has 1 fully saturated rings. The zero-order valence-corrected chi connectivity index (χ0v) is 17.2. The SMILES string of the molecule is COC(=O)C1=C2Nc3ccccc3[C@@]23CCN2C(=O)C=C[C@@]([C@H](C)OC(C)=O)(C1)[C@H]23. The average molecular weight is 408 g/mol. The van der Waals surface area contributed by atoms with Crippen LogP contribution in [0.5, 0.6) is 0 Å². The van der Waals surface area contributed by atoms with Crippen molar-refractivity contribution in [3.63, 3.8) is 0 Å². The minimum atomic E-state index is -0.734. The number of hydrogen-bond acceptors (Lipinski definition) is 6. The number of hydrogen-bond donors (Lipinski definition) is 1. The van der Waals surface area contributed by atoms with Crippen LogP contribution in [0.3, 0.4) is 0 Å². The van der Waals surface area contributed by atoms with Gasteiger partial charge in [0.25, 0.3) is 0 Å². The number of methoxy groups -OCH3 is 1. The molecule has 1 N–H and O–H groups in total. The Morgan fingerprint density at radius 2 is 2.07 bits per heavy atom. The second-order valence-electron chi connectivity index (χ2n) is 8.55. The number of nitrogens with one attached hydrogen (secondary N) is 1. The molecule has 1 saturated heterocycles. The minimum Gasteiger partial charge on any atom is -0.466 e. The molecule has 1 aromatic carbocycles. The van der Waals surface area contributed by atoms with Gasteiger partial charge in [0.15, 0.2) is 0 Å². The van der Waals surface area contributed by atoms with Crippen molar-refractivity contribution in [3.05, 3.63) is 53.3 Å². The van der Waals surface area contributed by atoms with Crippen LogP contribution in [0.2, 0.25) is 0 Å². The van der Waals surface area contributed by atoms with Crippen LogP contribution in [0, 0.1) is 5.41 Å². The maximum Gasteiger partial charge on any atom is 0.335 e. The van der Waals surface area contributed by atoms with Gasteiger partial charge in [0.1, 0.15) is 6.10 Å². The van der Waals surface area contributed by atoms with Gasteiger partial charge >= 0.3 is 11.9 Å². The minimum absolute atomic E-state index is 0.0484. The number of benzene rings is 1. The molecule has 0 bridgehead atoms. The van der Waals surface area contributed by atoms with Gasteiger partial charge in [-0.3, -0.25) is 9.59 Å². The Labute approximate surface area is 174 Å². The summed E-state index contributed by atoms with van der Waals surface area (Å²) in [6.07, 6.45) is 3.88. The summed E-state index contributed by atoms with van der Waals surface area (Å²) in [7, 11) is 1.38. The lowest BCUT2D eigenvalue weighted by molar-refractivity contribution is -0.156. The summed E-state index contributed by atoms with van der Waals surface area (Å²) in [5, 5.41) is 3.47.